The van der Waals surface area contributed by atoms with Gasteiger partial charge in [-0.2, -0.15) is 5.26 Å². The molecule has 0 radical (unpaired) electrons. The van der Waals surface area contributed by atoms with Gasteiger partial charge in [-0.25, -0.2) is 4.98 Å². The Morgan fingerprint density at radius 2 is 2.37 bits per heavy atom. The summed E-state index contributed by atoms with van der Waals surface area (Å²) in [7, 11) is 0. The molecular weight excluding hydrogens is 264 g/mol. The molecule has 0 saturated carbocycles. The van der Waals surface area contributed by atoms with Crippen molar-refractivity contribution < 1.29 is 4.79 Å². The van der Waals surface area contributed by atoms with Crippen molar-refractivity contribution >= 4 is 23.3 Å². The van der Waals surface area contributed by atoms with E-state index in [1.807, 2.05) is 13.0 Å². The number of pyridine rings is 1. The van der Waals surface area contributed by atoms with Gasteiger partial charge in [-0.1, -0.05) is 24.9 Å². The van der Waals surface area contributed by atoms with E-state index in [0.717, 1.165) is 12.8 Å². The number of amides is 1. The molecule has 0 aromatic carbocycles. The van der Waals surface area contributed by atoms with Crippen molar-refractivity contribution in [2.45, 2.75) is 19.8 Å². The lowest BCUT2D eigenvalue weighted by Gasteiger charge is -2.03. The highest BCUT2D eigenvalue weighted by Crippen LogP contribution is 2.09. The Balaban J connectivity index is 2.59. The summed E-state index contributed by atoms with van der Waals surface area (Å²) in [5, 5.41) is 14.9. The number of halogens is 1. The molecule has 6 heteroatoms. The Bertz CT molecular complexity index is 490. The first-order valence-corrected chi connectivity index (χ1v) is 6.31. The highest BCUT2D eigenvalue weighted by atomic mass is 35.5. The molecule has 0 fully saturated rings. The summed E-state index contributed by atoms with van der Waals surface area (Å²) in [6.07, 6.45) is 4.68. The number of aromatic nitrogens is 1. The van der Waals surface area contributed by atoms with E-state index >= 15 is 0 Å². The molecule has 0 aliphatic rings. The standard InChI is InChI=1S/C13H15ClN4O/c1-2-3-6-16-13(19)10(7-15)8-17-12-5-4-11(14)9-18-12/h4-5,8-9H,2-3,6H2,1H3,(H,16,19)(H,17,18)/b10-8-. The van der Waals surface area contributed by atoms with Crippen LogP contribution in [0.1, 0.15) is 19.8 Å². The van der Waals surface area contributed by atoms with E-state index < -0.39 is 5.91 Å². The molecule has 0 bridgehead atoms. The highest BCUT2D eigenvalue weighted by Gasteiger charge is 2.07. The molecule has 0 unspecified atom stereocenters. The fourth-order valence-corrected chi connectivity index (χ4v) is 1.34. The Labute approximate surface area is 117 Å². The van der Waals surface area contributed by atoms with E-state index in [9.17, 15) is 4.79 Å². The summed E-state index contributed by atoms with van der Waals surface area (Å²) in [6, 6.07) is 5.16. The molecule has 1 aromatic heterocycles. The van der Waals surface area contributed by atoms with Gasteiger partial charge >= 0.3 is 0 Å². The van der Waals surface area contributed by atoms with E-state index in [-0.39, 0.29) is 5.57 Å². The molecular formula is C13H15ClN4O. The second-order valence-electron chi connectivity index (χ2n) is 3.79. The van der Waals surface area contributed by atoms with E-state index in [2.05, 4.69) is 15.6 Å². The maximum absolute atomic E-state index is 11.6. The Kier molecular flexibility index (Phi) is 6.41. The molecule has 1 heterocycles. The average molecular weight is 279 g/mol. The van der Waals surface area contributed by atoms with Gasteiger partial charge in [0.05, 0.1) is 5.02 Å². The summed E-state index contributed by atoms with van der Waals surface area (Å²) in [5.74, 6) is 0.121. The number of hydrogen-bond acceptors (Lipinski definition) is 4. The molecule has 100 valence electrons. The van der Waals surface area contributed by atoms with Gasteiger partial charge in [0.1, 0.15) is 17.5 Å². The predicted molar refractivity (Wildman–Crippen MR) is 74.5 cm³/mol. The van der Waals surface area contributed by atoms with Crippen LogP contribution >= 0.6 is 11.6 Å². The zero-order chi connectivity index (χ0) is 14.1. The highest BCUT2D eigenvalue weighted by molar-refractivity contribution is 6.30. The summed E-state index contributed by atoms with van der Waals surface area (Å²) in [6.45, 7) is 2.59. The van der Waals surface area contributed by atoms with Crippen molar-refractivity contribution in [3.8, 4) is 6.07 Å². The lowest BCUT2D eigenvalue weighted by Crippen LogP contribution is -2.25. The molecule has 5 nitrogen and oxygen atoms in total. The Morgan fingerprint density at radius 1 is 1.58 bits per heavy atom. The van der Waals surface area contributed by atoms with Crippen molar-refractivity contribution in [1.29, 1.82) is 5.26 Å². The zero-order valence-corrected chi connectivity index (χ0v) is 11.4. The van der Waals surface area contributed by atoms with Gasteiger partial charge in [-0.15, -0.1) is 0 Å². The number of rotatable bonds is 6. The summed E-state index contributed by atoms with van der Waals surface area (Å²) >= 11 is 5.70. The number of hydrogen-bond donors (Lipinski definition) is 2. The first kappa shape index (κ1) is 15.0. The van der Waals surface area contributed by atoms with Crippen LogP contribution in [0.15, 0.2) is 30.1 Å². The fourth-order valence-electron chi connectivity index (χ4n) is 1.23. The first-order chi connectivity index (χ1) is 9.17. The lowest BCUT2D eigenvalue weighted by atomic mass is 10.2. The second-order valence-corrected chi connectivity index (χ2v) is 4.22. The van der Waals surface area contributed by atoms with Gasteiger partial charge in [0.2, 0.25) is 0 Å². The number of unbranched alkanes of at least 4 members (excludes halogenated alkanes) is 1. The molecule has 0 spiro atoms. The maximum Gasteiger partial charge on any atom is 0.263 e. The second kappa shape index (κ2) is 8.11. The monoisotopic (exact) mass is 278 g/mol. The van der Waals surface area contributed by atoms with Gasteiger partial charge in [0, 0.05) is 18.9 Å². The van der Waals surface area contributed by atoms with Crippen LogP contribution in [0.5, 0.6) is 0 Å². The number of carbonyl (C=O) groups excluding carboxylic acids is 1. The van der Waals surface area contributed by atoms with Crippen LogP contribution in [-0.2, 0) is 4.79 Å². The summed E-state index contributed by atoms with van der Waals surface area (Å²) < 4.78 is 0. The molecule has 19 heavy (non-hydrogen) atoms. The largest absolute Gasteiger partial charge is 0.351 e. The zero-order valence-electron chi connectivity index (χ0n) is 10.6. The van der Waals surface area contributed by atoms with E-state index in [1.165, 1.54) is 12.4 Å². The smallest absolute Gasteiger partial charge is 0.263 e. The summed E-state index contributed by atoms with van der Waals surface area (Å²) in [5.41, 5.74) is 0.00727. The van der Waals surface area contributed by atoms with E-state index in [1.54, 1.807) is 12.1 Å². The number of anilines is 1. The minimum Gasteiger partial charge on any atom is -0.351 e. The van der Waals surface area contributed by atoms with Gasteiger partial charge in [0.15, 0.2) is 0 Å². The first-order valence-electron chi connectivity index (χ1n) is 5.94. The van der Waals surface area contributed by atoms with Crippen molar-refractivity contribution in [2.24, 2.45) is 0 Å². The number of nitrogens with zero attached hydrogens (tertiary/aromatic N) is 2. The number of nitriles is 1. The van der Waals surface area contributed by atoms with Gasteiger partial charge < -0.3 is 10.6 Å². The van der Waals surface area contributed by atoms with Crippen LogP contribution < -0.4 is 10.6 Å². The van der Waals surface area contributed by atoms with Crippen molar-refractivity contribution in [3.63, 3.8) is 0 Å². The summed E-state index contributed by atoms with van der Waals surface area (Å²) in [4.78, 5) is 15.6. The van der Waals surface area contributed by atoms with Gasteiger partial charge in [-0.05, 0) is 18.6 Å². The van der Waals surface area contributed by atoms with Crippen LogP contribution in [0.4, 0.5) is 5.82 Å². The van der Waals surface area contributed by atoms with Crippen LogP contribution in [-0.4, -0.2) is 17.4 Å². The fraction of sp³-hybridized carbons (Fsp3) is 0.308. The Hall–Kier alpha value is -2.06. The van der Waals surface area contributed by atoms with Crippen molar-refractivity contribution in [3.05, 3.63) is 35.1 Å². The molecule has 1 rings (SSSR count). The lowest BCUT2D eigenvalue weighted by molar-refractivity contribution is -0.117. The van der Waals surface area contributed by atoms with Crippen molar-refractivity contribution in [2.75, 3.05) is 11.9 Å². The average Bonchev–Trinajstić information content (AvgIpc) is 2.42. The third kappa shape index (κ3) is 5.40. The van der Waals surface area contributed by atoms with E-state index in [0.29, 0.717) is 17.4 Å². The number of nitrogens with one attached hydrogen (secondary N) is 2. The van der Waals surface area contributed by atoms with Crippen LogP contribution in [0.25, 0.3) is 0 Å². The molecule has 2 N–H and O–H groups in total. The third-order valence-corrected chi connectivity index (χ3v) is 2.50. The predicted octanol–water partition coefficient (Wildman–Crippen LogP) is 2.47. The van der Waals surface area contributed by atoms with Crippen LogP contribution in [0.2, 0.25) is 5.02 Å². The minimum atomic E-state index is -0.391. The Morgan fingerprint density at radius 3 is 2.95 bits per heavy atom. The third-order valence-electron chi connectivity index (χ3n) is 2.27. The van der Waals surface area contributed by atoms with Crippen LogP contribution in [0, 0.1) is 11.3 Å². The van der Waals surface area contributed by atoms with E-state index in [4.69, 9.17) is 16.9 Å². The normalized spacial score (nSPS) is 10.7. The van der Waals surface area contributed by atoms with Crippen LogP contribution in [0.3, 0.4) is 0 Å². The topological polar surface area (TPSA) is 77.8 Å². The minimum absolute atomic E-state index is 0.00727. The molecule has 0 aliphatic heterocycles. The van der Waals surface area contributed by atoms with Gasteiger partial charge in [0.25, 0.3) is 5.91 Å². The van der Waals surface area contributed by atoms with Gasteiger partial charge in [-0.3, -0.25) is 4.79 Å². The molecule has 0 atom stereocenters. The maximum atomic E-state index is 11.6. The molecule has 1 aromatic rings. The quantitative estimate of drug-likeness (QED) is 0.476. The number of carbonyl (C=O) groups is 1. The molecule has 0 aliphatic carbocycles. The molecule has 0 saturated heterocycles. The van der Waals surface area contributed by atoms with Crippen molar-refractivity contribution in [1.82, 2.24) is 10.3 Å². The SMILES string of the molecule is CCCCNC(=O)/C(C#N)=C\Nc1ccc(Cl)cn1. The molecule has 1 amide bonds.